The van der Waals surface area contributed by atoms with Crippen molar-refractivity contribution in [3.63, 3.8) is 0 Å². The van der Waals surface area contributed by atoms with Gasteiger partial charge in [0.2, 0.25) is 0 Å². The van der Waals surface area contributed by atoms with Crippen molar-refractivity contribution < 1.29 is 14.3 Å². The molecular formula is C15H13Cl2NO3S2. The normalized spacial score (nSPS) is 16.3. The van der Waals surface area contributed by atoms with Gasteiger partial charge in [-0.25, -0.2) is 0 Å². The van der Waals surface area contributed by atoms with Gasteiger partial charge in [0, 0.05) is 6.54 Å². The molecule has 0 aromatic heterocycles. The molecule has 0 aliphatic carbocycles. The van der Waals surface area contributed by atoms with Crippen LogP contribution in [0.2, 0.25) is 10.0 Å². The van der Waals surface area contributed by atoms with Gasteiger partial charge in [0.15, 0.2) is 0 Å². The third-order valence-electron chi connectivity index (χ3n) is 2.96. The van der Waals surface area contributed by atoms with Crippen molar-refractivity contribution in [3.8, 4) is 0 Å². The average Bonchev–Trinajstić information content (AvgIpc) is 2.75. The van der Waals surface area contributed by atoms with Crippen LogP contribution in [0, 0.1) is 0 Å². The van der Waals surface area contributed by atoms with Crippen LogP contribution < -0.4 is 0 Å². The maximum absolute atomic E-state index is 12.4. The topological polar surface area (TPSA) is 46.6 Å². The summed E-state index contributed by atoms with van der Waals surface area (Å²) in [6.45, 7) is 2.26. The van der Waals surface area contributed by atoms with E-state index in [0.29, 0.717) is 25.9 Å². The Balaban J connectivity index is 2.09. The first kappa shape index (κ1) is 18.3. The Labute approximate surface area is 153 Å². The standard InChI is InChI=1S/C15H13Cl2NO3S2/c1-2-21-13(19)5-6-18-14(20)12(23-15(18)22)8-9-3-4-10(16)11(17)7-9/h3-4,7-8H,2,5-6H2,1H3/b12-8-. The number of thioether (sulfide) groups is 1. The fourth-order valence-corrected chi connectivity index (χ4v) is 3.50. The van der Waals surface area contributed by atoms with Gasteiger partial charge in [-0.15, -0.1) is 0 Å². The van der Waals surface area contributed by atoms with E-state index in [4.69, 9.17) is 40.2 Å². The Kier molecular flexibility index (Phi) is 6.47. The molecule has 23 heavy (non-hydrogen) atoms. The highest BCUT2D eigenvalue weighted by atomic mass is 35.5. The maximum Gasteiger partial charge on any atom is 0.307 e. The number of benzene rings is 1. The van der Waals surface area contributed by atoms with Crippen LogP contribution in [-0.4, -0.2) is 34.2 Å². The molecule has 0 saturated carbocycles. The Hall–Kier alpha value is -1.08. The molecule has 1 saturated heterocycles. The van der Waals surface area contributed by atoms with Gasteiger partial charge in [-0.2, -0.15) is 0 Å². The quantitative estimate of drug-likeness (QED) is 0.430. The molecule has 0 spiro atoms. The van der Waals surface area contributed by atoms with Gasteiger partial charge in [-0.05, 0) is 30.7 Å². The minimum Gasteiger partial charge on any atom is -0.466 e. The van der Waals surface area contributed by atoms with Gasteiger partial charge < -0.3 is 4.74 Å². The van der Waals surface area contributed by atoms with Crippen molar-refractivity contribution in [3.05, 3.63) is 38.7 Å². The third-order valence-corrected chi connectivity index (χ3v) is 5.08. The van der Waals surface area contributed by atoms with Gasteiger partial charge in [-0.3, -0.25) is 14.5 Å². The molecule has 0 atom stereocenters. The highest BCUT2D eigenvalue weighted by Crippen LogP contribution is 2.33. The van der Waals surface area contributed by atoms with E-state index in [1.54, 1.807) is 31.2 Å². The second-order valence-corrected chi connectivity index (χ2v) is 7.05. The van der Waals surface area contributed by atoms with Crippen LogP contribution in [0.5, 0.6) is 0 Å². The molecule has 0 radical (unpaired) electrons. The Morgan fingerprint density at radius 2 is 2.13 bits per heavy atom. The zero-order chi connectivity index (χ0) is 17.0. The van der Waals surface area contributed by atoms with E-state index >= 15 is 0 Å². The first-order valence-electron chi connectivity index (χ1n) is 6.78. The minimum atomic E-state index is -0.352. The molecule has 1 aromatic carbocycles. The van der Waals surface area contributed by atoms with Gasteiger partial charge in [0.25, 0.3) is 5.91 Å². The van der Waals surface area contributed by atoms with Crippen molar-refractivity contribution in [2.45, 2.75) is 13.3 Å². The van der Waals surface area contributed by atoms with Crippen LogP contribution in [0.4, 0.5) is 0 Å². The molecule has 4 nitrogen and oxygen atoms in total. The fraction of sp³-hybridized carbons (Fsp3) is 0.267. The second-order valence-electron chi connectivity index (χ2n) is 4.56. The van der Waals surface area contributed by atoms with E-state index in [2.05, 4.69) is 0 Å². The van der Waals surface area contributed by atoms with Crippen molar-refractivity contribution >= 4 is 69.5 Å². The molecule has 1 amide bonds. The summed E-state index contributed by atoms with van der Waals surface area (Å²) in [5.74, 6) is -0.578. The molecule has 0 unspecified atom stereocenters. The number of nitrogens with zero attached hydrogens (tertiary/aromatic N) is 1. The van der Waals surface area contributed by atoms with Gasteiger partial charge in [0.1, 0.15) is 4.32 Å². The summed E-state index contributed by atoms with van der Waals surface area (Å²) in [4.78, 5) is 25.7. The van der Waals surface area contributed by atoms with Crippen LogP contribution in [0.1, 0.15) is 18.9 Å². The molecular weight excluding hydrogens is 377 g/mol. The minimum absolute atomic E-state index is 0.111. The molecule has 0 bridgehead atoms. The fourth-order valence-electron chi connectivity index (χ4n) is 1.88. The molecule has 1 aromatic rings. The predicted octanol–water partition coefficient (Wildman–Crippen LogP) is 4.15. The summed E-state index contributed by atoms with van der Waals surface area (Å²) < 4.78 is 5.27. The Bertz CT molecular complexity index is 691. The first-order chi connectivity index (χ1) is 10.9. The highest BCUT2D eigenvalue weighted by molar-refractivity contribution is 8.26. The SMILES string of the molecule is CCOC(=O)CCN1C(=O)/C(=C/c2ccc(Cl)c(Cl)c2)SC1=S. The Morgan fingerprint density at radius 1 is 1.39 bits per heavy atom. The van der Waals surface area contributed by atoms with Crippen molar-refractivity contribution in [1.29, 1.82) is 0 Å². The Morgan fingerprint density at radius 3 is 2.78 bits per heavy atom. The van der Waals surface area contributed by atoms with Crippen LogP contribution in [0.25, 0.3) is 6.08 Å². The van der Waals surface area contributed by atoms with Crippen molar-refractivity contribution in [2.24, 2.45) is 0 Å². The summed E-state index contributed by atoms with van der Waals surface area (Å²) >= 11 is 18.2. The number of thiocarbonyl (C=S) groups is 1. The summed E-state index contributed by atoms with van der Waals surface area (Å²) in [6, 6.07) is 5.10. The summed E-state index contributed by atoms with van der Waals surface area (Å²) in [5.41, 5.74) is 0.755. The number of hydrogen-bond acceptors (Lipinski definition) is 5. The van der Waals surface area contributed by atoms with Crippen molar-refractivity contribution in [1.82, 2.24) is 4.90 Å². The number of esters is 1. The second kappa shape index (κ2) is 8.15. The van der Waals surface area contributed by atoms with E-state index in [1.165, 1.54) is 16.7 Å². The van der Waals surface area contributed by atoms with E-state index in [0.717, 1.165) is 5.56 Å². The monoisotopic (exact) mass is 389 g/mol. The largest absolute Gasteiger partial charge is 0.466 e. The van der Waals surface area contributed by atoms with Crippen LogP contribution in [-0.2, 0) is 14.3 Å². The third kappa shape index (κ3) is 4.70. The maximum atomic E-state index is 12.4. The summed E-state index contributed by atoms with van der Waals surface area (Å²) in [5, 5.41) is 0.865. The molecule has 2 rings (SSSR count). The zero-order valence-electron chi connectivity index (χ0n) is 12.2. The number of carbonyl (C=O) groups is 2. The van der Waals surface area contributed by atoms with Crippen LogP contribution in [0.3, 0.4) is 0 Å². The molecule has 1 aliphatic heterocycles. The number of hydrogen-bond donors (Lipinski definition) is 0. The number of ether oxygens (including phenoxy) is 1. The summed E-state index contributed by atoms with van der Waals surface area (Å²) in [6.07, 6.45) is 1.81. The lowest BCUT2D eigenvalue weighted by molar-refractivity contribution is -0.143. The van der Waals surface area contributed by atoms with E-state index in [-0.39, 0.29) is 24.8 Å². The molecule has 1 fully saturated rings. The van der Waals surface area contributed by atoms with E-state index in [9.17, 15) is 9.59 Å². The first-order valence-corrected chi connectivity index (χ1v) is 8.76. The lowest BCUT2D eigenvalue weighted by atomic mass is 10.2. The predicted molar refractivity (Wildman–Crippen MR) is 97.6 cm³/mol. The lowest BCUT2D eigenvalue weighted by Gasteiger charge is -2.13. The zero-order valence-corrected chi connectivity index (χ0v) is 15.3. The van der Waals surface area contributed by atoms with Crippen molar-refractivity contribution in [2.75, 3.05) is 13.2 Å². The lowest BCUT2D eigenvalue weighted by Crippen LogP contribution is -2.30. The average molecular weight is 390 g/mol. The van der Waals surface area contributed by atoms with Gasteiger partial charge >= 0.3 is 5.97 Å². The highest BCUT2D eigenvalue weighted by Gasteiger charge is 2.32. The van der Waals surface area contributed by atoms with Crippen LogP contribution in [0.15, 0.2) is 23.1 Å². The van der Waals surface area contributed by atoms with Crippen LogP contribution >= 0.6 is 47.2 Å². The molecule has 1 aliphatic rings. The number of carbonyl (C=O) groups excluding carboxylic acids is 2. The number of amides is 1. The number of halogens is 2. The van der Waals surface area contributed by atoms with Gasteiger partial charge in [-0.1, -0.05) is 53.2 Å². The molecule has 0 N–H and O–H groups in total. The van der Waals surface area contributed by atoms with Gasteiger partial charge in [0.05, 0.1) is 28.0 Å². The van der Waals surface area contributed by atoms with E-state index < -0.39 is 0 Å². The molecule has 1 heterocycles. The smallest absolute Gasteiger partial charge is 0.307 e. The molecule has 122 valence electrons. The summed E-state index contributed by atoms with van der Waals surface area (Å²) in [7, 11) is 0. The van der Waals surface area contributed by atoms with E-state index in [1.807, 2.05) is 0 Å². The number of rotatable bonds is 5. The molecule has 8 heteroatoms.